The van der Waals surface area contributed by atoms with E-state index in [1.54, 1.807) is 46.2 Å². The fourth-order valence-corrected chi connectivity index (χ4v) is 14.5. The lowest BCUT2D eigenvalue weighted by Gasteiger charge is -2.31. The minimum atomic E-state index is -1.10. The van der Waals surface area contributed by atoms with Crippen LogP contribution in [0.15, 0.2) is 127 Å². The van der Waals surface area contributed by atoms with E-state index >= 15 is 0 Å². The fraction of sp³-hybridized carbons (Fsp3) is 0.410. The molecule has 0 saturated carbocycles. The molecule has 7 aromatic rings. The van der Waals surface area contributed by atoms with Gasteiger partial charge in [0, 0.05) is 91.3 Å². The van der Waals surface area contributed by atoms with Gasteiger partial charge in [-0.2, -0.15) is 0 Å². The van der Waals surface area contributed by atoms with Crippen LogP contribution >= 0.6 is 11.6 Å². The molecule has 0 unspecified atom stereocenters. The highest BCUT2D eigenvalue weighted by Gasteiger charge is 2.42. The number of ether oxygens (including phenoxy) is 2. The molecule has 0 radical (unpaired) electrons. The number of H-pyrrole nitrogens is 1. The summed E-state index contributed by atoms with van der Waals surface area (Å²) < 4.78 is 11.8. The first kappa shape index (κ1) is 71.6. The Hall–Kier alpha value is -9.73. The number of benzene rings is 6. The lowest BCUT2D eigenvalue weighted by Crippen LogP contribution is -2.56. The largest absolute Gasteiger partial charge is 0.459 e. The summed E-state index contributed by atoms with van der Waals surface area (Å²) in [4.78, 5) is 149. The van der Waals surface area contributed by atoms with Gasteiger partial charge in [-0.15, -0.1) is 11.6 Å². The number of aromatic amines is 1. The molecular weight excluding hydrogens is 1290 g/mol. The van der Waals surface area contributed by atoms with Crippen LogP contribution in [-0.4, -0.2) is 168 Å². The van der Waals surface area contributed by atoms with Crippen molar-refractivity contribution >= 4 is 98.0 Å². The predicted molar refractivity (Wildman–Crippen MR) is 382 cm³/mol. The number of fused-ring (bicyclic) bond motifs is 7. The van der Waals surface area contributed by atoms with Crippen LogP contribution in [0.2, 0.25) is 0 Å². The van der Waals surface area contributed by atoms with Crippen molar-refractivity contribution in [3.05, 3.63) is 166 Å². The van der Waals surface area contributed by atoms with Crippen molar-refractivity contribution in [2.24, 2.45) is 17.8 Å². The number of halogens is 1. The molecule has 21 nitrogen and oxygen atoms in total. The van der Waals surface area contributed by atoms with Crippen LogP contribution in [0.4, 0.5) is 10.5 Å². The lowest BCUT2D eigenvalue weighted by atomic mass is 9.95. The number of hydrogen-bond donors (Lipinski definition) is 5. The van der Waals surface area contributed by atoms with Gasteiger partial charge in [-0.05, 0) is 119 Å². The molecule has 524 valence electrons. The van der Waals surface area contributed by atoms with Gasteiger partial charge in [0.05, 0.1) is 18.7 Å². The van der Waals surface area contributed by atoms with Gasteiger partial charge in [-0.25, -0.2) is 9.59 Å². The second-order valence-corrected chi connectivity index (χ2v) is 28.5. The molecule has 5 atom stereocenters. The number of carbonyl (C=O) groups excluding carboxylic acids is 10. The number of nitrogens with one attached hydrogen (secondary N) is 5. The summed E-state index contributed by atoms with van der Waals surface area (Å²) in [5.41, 5.74) is 8.37. The number of piperazine rings is 1. The molecule has 11 rings (SSSR count). The summed E-state index contributed by atoms with van der Waals surface area (Å²) in [6.45, 7) is 13.8. The zero-order valence-electron chi connectivity index (χ0n) is 57.7. The Labute approximate surface area is 587 Å². The van der Waals surface area contributed by atoms with E-state index in [-0.39, 0.29) is 98.8 Å². The number of aromatic nitrogens is 1. The zero-order valence-corrected chi connectivity index (χ0v) is 58.5. The highest BCUT2D eigenvalue weighted by molar-refractivity contribution is 6.36. The number of ketones is 2. The molecule has 1 aromatic heterocycles. The van der Waals surface area contributed by atoms with Gasteiger partial charge in [0.2, 0.25) is 29.5 Å². The van der Waals surface area contributed by atoms with Crippen LogP contribution in [0.3, 0.4) is 0 Å². The average molecular weight is 1380 g/mol. The zero-order chi connectivity index (χ0) is 71.1. The number of hydrogen-bond acceptors (Lipinski definition) is 13. The first-order valence-corrected chi connectivity index (χ1v) is 35.2. The predicted octanol–water partition coefficient (Wildman–Crippen LogP) is 9.64. The molecule has 1 aliphatic carbocycles. The molecule has 0 spiro atoms. The van der Waals surface area contributed by atoms with Crippen LogP contribution in [-0.2, 0) is 51.1 Å². The number of likely N-dealkylation sites (tertiary alicyclic amines) is 1. The Morgan fingerprint density at radius 1 is 0.630 bits per heavy atom. The van der Waals surface area contributed by atoms with Crippen LogP contribution in [0.25, 0.3) is 32.8 Å². The SMILES string of the molecule is CC(C)C[C@H](NC(=O)Cc1ccc(C(=O)Cc2ccc3[nH]c(C(=O)N4C[C@@H](CCl)c5c4cc(OC(=O)N4CCN(C)CC4)c4ccccc54)cc3c2)cc1)C(=O)N[C@@H](CC(C)C)C(=O)NCC(=O)N[C@@H](CC(C)C)C(=O)N1CCC[C@H]1C(=O)C(=O)OCC1c2ccccc2-c2ccccc21. The monoisotopic (exact) mass is 1380 g/mol. The highest BCUT2D eigenvalue weighted by atomic mass is 35.5. The molecule has 22 heteroatoms. The molecule has 5 N–H and O–H groups in total. The van der Waals surface area contributed by atoms with Crippen LogP contribution in [0.5, 0.6) is 5.75 Å². The Balaban J connectivity index is 0.665. The maximum atomic E-state index is 14.5. The van der Waals surface area contributed by atoms with Crippen LogP contribution < -0.4 is 30.9 Å². The molecule has 6 aromatic carbocycles. The molecule has 100 heavy (non-hydrogen) atoms. The summed E-state index contributed by atoms with van der Waals surface area (Å²) in [5, 5.41) is 13.4. The number of alkyl halides is 1. The standard InChI is InChI=1S/C78H88ClN9O12/c1-45(2)33-61(73(93)80-42-70(91)83-63(35-47(5)6)75(95)87-28-14-21-65(87)72(92)77(97)99-44-59-55-17-10-8-15-53(55)54-16-9-11-18-56(54)59)84-74(94)62(34-46(3)4)82-69(90)38-48-22-25-50(26-23-48)67(89)37-49-24-27-60-51(36-49)39-64(81-60)76(96)88-43-52(41-79)71-58-20-13-12-19-57(58)68(40-66(71)88)100-78(98)86-31-29-85(7)30-32-86/h8-13,15-20,22-27,36,39-40,45-47,52,59,61-63,65,81H,14,21,28-35,37-38,41-44H2,1-7H3,(H,80,93)(H,82,90)(H,83,91)(H,84,94)/t52-,61+,62+,63+,65+/m1/s1. The van der Waals surface area contributed by atoms with Gasteiger partial charge in [0.1, 0.15) is 42.2 Å². The van der Waals surface area contributed by atoms with Gasteiger partial charge in [0.15, 0.2) is 5.78 Å². The number of nitrogens with zero attached hydrogens (tertiary/aromatic N) is 4. The number of esters is 1. The van der Waals surface area contributed by atoms with E-state index in [1.807, 2.05) is 140 Å². The summed E-state index contributed by atoms with van der Waals surface area (Å²) in [5.74, 6) is -5.24. The van der Waals surface area contributed by atoms with E-state index in [0.29, 0.717) is 59.8 Å². The van der Waals surface area contributed by atoms with Crippen molar-refractivity contribution in [3.8, 4) is 16.9 Å². The normalized spacial score (nSPS) is 16.8. The lowest BCUT2D eigenvalue weighted by molar-refractivity contribution is -0.157. The summed E-state index contributed by atoms with van der Waals surface area (Å²) in [6, 6.07) is 34.9. The Morgan fingerprint density at radius 2 is 1.24 bits per heavy atom. The summed E-state index contributed by atoms with van der Waals surface area (Å²) in [7, 11) is 2.01. The molecule has 7 amide bonds. The maximum absolute atomic E-state index is 14.5. The third kappa shape index (κ3) is 16.4. The first-order valence-electron chi connectivity index (χ1n) is 34.7. The van der Waals surface area contributed by atoms with Crippen molar-refractivity contribution < 1.29 is 57.4 Å². The smallest absolute Gasteiger partial charge is 0.415 e. The van der Waals surface area contributed by atoms with Gasteiger partial charge in [-0.1, -0.05) is 145 Å². The second kappa shape index (κ2) is 31.6. The molecule has 4 heterocycles. The minimum absolute atomic E-state index is 0.0471. The molecule has 4 aliphatic rings. The van der Waals surface area contributed by atoms with E-state index in [1.165, 1.54) is 4.90 Å². The molecule has 2 saturated heterocycles. The average Bonchev–Trinajstić information content (AvgIpc) is 1.57. The maximum Gasteiger partial charge on any atom is 0.415 e. The van der Waals surface area contributed by atoms with Crippen LogP contribution in [0, 0.1) is 17.8 Å². The van der Waals surface area contributed by atoms with Crippen molar-refractivity contribution in [2.75, 3.05) is 70.2 Å². The Kier molecular flexibility index (Phi) is 22.6. The fourth-order valence-electron chi connectivity index (χ4n) is 14.3. The molecular formula is C78H88ClN9O12. The van der Waals surface area contributed by atoms with E-state index in [0.717, 1.165) is 62.6 Å². The van der Waals surface area contributed by atoms with Crippen LogP contribution in [0.1, 0.15) is 134 Å². The Morgan fingerprint density at radius 3 is 1.90 bits per heavy atom. The summed E-state index contributed by atoms with van der Waals surface area (Å²) >= 11 is 6.60. The van der Waals surface area contributed by atoms with E-state index in [2.05, 4.69) is 31.2 Å². The van der Waals surface area contributed by atoms with Gasteiger partial charge < -0.3 is 55.3 Å². The van der Waals surface area contributed by atoms with Gasteiger partial charge >= 0.3 is 12.1 Å². The van der Waals surface area contributed by atoms with E-state index in [9.17, 15) is 47.9 Å². The van der Waals surface area contributed by atoms with Crippen molar-refractivity contribution in [1.29, 1.82) is 0 Å². The second-order valence-electron chi connectivity index (χ2n) is 28.1. The number of amides is 7. The summed E-state index contributed by atoms with van der Waals surface area (Å²) in [6.07, 6.45) is 0.852. The number of Topliss-reactive ketones (excluding diaryl/α,β-unsaturated/α-hetero) is 2. The number of likely N-dealkylation sites (N-methyl/N-ethyl adjacent to an activating group) is 1. The van der Waals surface area contributed by atoms with Gasteiger partial charge in [-0.3, -0.25) is 38.4 Å². The highest BCUT2D eigenvalue weighted by Crippen LogP contribution is 2.47. The van der Waals surface area contributed by atoms with Crippen molar-refractivity contribution in [3.63, 3.8) is 0 Å². The molecule has 0 bridgehead atoms. The third-order valence-corrected chi connectivity index (χ3v) is 19.7. The quantitative estimate of drug-likeness (QED) is 0.0146. The minimum Gasteiger partial charge on any atom is -0.459 e. The number of rotatable bonds is 26. The van der Waals surface area contributed by atoms with E-state index < -0.39 is 78.1 Å². The third-order valence-electron chi connectivity index (χ3n) is 19.3. The molecule has 3 aliphatic heterocycles. The Bertz CT molecular complexity index is 4230. The number of anilines is 1. The topological polar surface area (TPSA) is 266 Å². The van der Waals surface area contributed by atoms with Gasteiger partial charge in [0.25, 0.3) is 11.7 Å². The van der Waals surface area contributed by atoms with Crippen molar-refractivity contribution in [2.45, 2.75) is 122 Å². The van der Waals surface area contributed by atoms with E-state index in [4.69, 9.17) is 21.1 Å². The van der Waals surface area contributed by atoms with Crippen molar-refractivity contribution in [1.82, 2.24) is 41.0 Å². The number of carbonyl (C=O) groups is 10. The first-order chi connectivity index (χ1) is 48.0. The molecule has 2 fully saturated rings.